The van der Waals surface area contributed by atoms with Gasteiger partial charge in [0.25, 0.3) is 0 Å². The monoisotopic (exact) mass is 262 g/mol. The molecule has 1 nitrogen and oxygen atoms in total. The molecule has 1 aromatic rings. The summed E-state index contributed by atoms with van der Waals surface area (Å²) in [6, 6.07) is 6.35. The Hall–Kier alpha value is -0.680. The van der Waals surface area contributed by atoms with E-state index in [0.717, 1.165) is 24.8 Å². The third-order valence-corrected chi connectivity index (χ3v) is 4.05. The smallest absolute Gasteiger partial charge is 0.395 e. The Kier molecular flexibility index (Phi) is 3.41. The van der Waals surface area contributed by atoms with Crippen molar-refractivity contribution < 1.29 is 18.3 Å². The molecule has 0 amide bonds. The van der Waals surface area contributed by atoms with Gasteiger partial charge >= 0.3 is 5.51 Å². The fraction of sp³-hybridized carbons (Fsp3) is 0.500. The van der Waals surface area contributed by atoms with Crippen molar-refractivity contribution in [3.63, 3.8) is 0 Å². The molecule has 17 heavy (non-hydrogen) atoms. The van der Waals surface area contributed by atoms with Gasteiger partial charge in [-0.25, -0.2) is 0 Å². The first-order chi connectivity index (χ1) is 7.95. The number of alkyl halides is 3. The van der Waals surface area contributed by atoms with Crippen LogP contribution in [0, 0.1) is 0 Å². The van der Waals surface area contributed by atoms with Crippen LogP contribution in [0.2, 0.25) is 0 Å². The van der Waals surface area contributed by atoms with Gasteiger partial charge in [-0.15, -0.1) is 0 Å². The van der Waals surface area contributed by atoms with Gasteiger partial charge in [0.05, 0.1) is 6.61 Å². The second-order valence-electron chi connectivity index (χ2n) is 4.36. The van der Waals surface area contributed by atoms with Crippen LogP contribution in [0.15, 0.2) is 29.2 Å². The van der Waals surface area contributed by atoms with Crippen LogP contribution in [0.4, 0.5) is 13.2 Å². The average Bonchev–Trinajstić information content (AvgIpc) is 2.17. The van der Waals surface area contributed by atoms with Crippen LogP contribution in [0.5, 0.6) is 0 Å². The molecular weight excluding hydrogens is 249 g/mol. The lowest BCUT2D eigenvalue weighted by Gasteiger charge is -2.40. The summed E-state index contributed by atoms with van der Waals surface area (Å²) in [5.41, 5.74) is -3.51. The summed E-state index contributed by atoms with van der Waals surface area (Å²) in [7, 11) is 0. The highest BCUT2D eigenvalue weighted by molar-refractivity contribution is 8.00. The van der Waals surface area contributed by atoms with E-state index in [-0.39, 0.29) is 28.7 Å². The minimum Gasteiger partial charge on any atom is -0.395 e. The molecule has 2 rings (SSSR count). The van der Waals surface area contributed by atoms with Crippen molar-refractivity contribution in [3.05, 3.63) is 29.8 Å². The summed E-state index contributed by atoms with van der Waals surface area (Å²) < 4.78 is 36.4. The van der Waals surface area contributed by atoms with Crippen LogP contribution in [0.1, 0.15) is 24.8 Å². The normalized spacial score (nSPS) is 18.8. The van der Waals surface area contributed by atoms with Gasteiger partial charge in [-0.1, -0.05) is 18.6 Å². The number of aliphatic hydroxyl groups excluding tert-OH is 1. The molecule has 0 bridgehead atoms. The highest BCUT2D eigenvalue weighted by Crippen LogP contribution is 2.44. The van der Waals surface area contributed by atoms with Crippen molar-refractivity contribution in [1.82, 2.24) is 0 Å². The van der Waals surface area contributed by atoms with E-state index in [4.69, 9.17) is 0 Å². The first kappa shape index (κ1) is 12.8. The zero-order chi connectivity index (χ0) is 12.5. The van der Waals surface area contributed by atoms with Crippen LogP contribution in [-0.4, -0.2) is 17.2 Å². The molecule has 0 unspecified atom stereocenters. The van der Waals surface area contributed by atoms with Crippen LogP contribution >= 0.6 is 11.8 Å². The molecule has 0 aliphatic heterocycles. The molecule has 1 saturated carbocycles. The Balaban J connectivity index is 2.13. The Morgan fingerprint density at radius 3 is 2.12 bits per heavy atom. The third kappa shape index (κ3) is 2.77. The van der Waals surface area contributed by atoms with Gasteiger partial charge in [-0.3, -0.25) is 0 Å². The fourth-order valence-corrected chi connectivity index (χ4v) is 2.69. The van der Waals surface area contributed by atoms with E-state index >= 15 is 0 Å². The number of hydrogen-bond donors (Lipinski definition) is 1. The SMILES string of the molecule is OCC1(c2ccc(SC(F)(F)F)cc2)CCC1. The lowest BCUT2D eigenvalue weighted by Crippen LogP contribution is -2.37. The maximum absolute atomic E-state index is 12.1. The minimum absolute atomic E-state index is 0.0682. The Labute approximate surface area is 102 Å². The average molecular weight is 262 g/mol. The largest absolute Gasteiger partial charge is 0.446 e. The zero-order valence-electron chi connectivity index (χ0n) is 9.13. The number of benzene rings is 1. The van der Waals surface area contributed by atoms with E-state index in [9.17, 15) is 18.3 Å². The quantitative estimate of drug-likeness (QED) is 0.838. The summed E-state index contributed by atoms with van der Waals surface area (Å²) in [6.07, 6.45) is 2.89. The van der Waals surface area contributed by atoms with E-state index in [1.54, 1.807) is 12.1 Å². The molecule has 1 fully saturated rings. The van der Waals surface area contributed by atoms with Gasteiger partial charge in [-0.05, 0) is 42.3 Å². The van der Waals surface area contributed by atoms with E-state index in [2.05, 4.69) is 0 Å². The van der Waals surface area contributed by atoms with Crippen LogP contribution in [-0.2, 0) is 5.41 Å². The molecule has 0 heterocycles. The molecule has 0 aromatic heterocycles. The van der Waals surface area contributed by atoms with E-state index in [1.807, 2.05) is 0 Å². The molecule has 0 radical (unpaired) electrons. The number of rotatable bonds is 3. The van der Waals surface area contributed by atoms with E-state index in [1.165, 1.54) is 12.1 Å². The summed E-state index contributed by atoms with van der Waals surface area (Å²) in [4.78, 5) is 0.189. The maximum Gasteiger partial charge on any atom is 0.446 e. The maximum atomic E-state index is 12.1. The molecule has 94 valence electrons. The van der Waals surface area contributed by atoms with Gasteiger partial charge in [-0.2, -0.15) is 13.2 Å². The predicted molar refractivity (Wildman–Crippen MR) is 61.0 cm³/mol. The lowest BCUT2D eigenvalue weighted by molar-refractivity contribution is -0.0328. The van der Waals surface area contributed by atoms with Gasteiger partial charge < -0.3 is 5.11 Å². The fourth-order valence-electron chi connectivity index (χ4n) is 2.15. The van der Waals surface area contributed by atoms with Gasteiger partial charge in [0, 0.05) is 10.3 Å². The van der Waals surface area contributed by atoms with Gasteiger partial charge in [0.2, 0.25) is 0 Å². The van der Waals surface area contributed by atoms with Crippen molar-refractivity contribution in [2.45, 2.75) is 35.1 Å². The lowest BCUT2D eigenvalue weighted by atomic mass is 9.65. The highest BCUT2D eigenvalue weighted by atomic mass is 32.2. The standard InChI is InChI=1S/C12H13F3OS/c13-12(14,15)17-10-4-2-9(3-5-10)11(8-16)6-1-7-11/h2-5,16H,1,6-8H2. The molecule has 0 atom stereocenters. The molecule has 1 aliphatic carbocycles. The number of hydrogen-bond acceptors (Lipinski definition) is 2. The van der Waals surface area contributed by atoms with Crippen LogP contribution < -0.4 is 0 Å². The van der Waals surface area contributed by atoms with Crippen LogP contribution in [0.25, 0.3) is 0 Å². The van der Waals surface area contributed by atoms with Crippen molar-refractivity contribution in [3.8, 4) is 0 Å². The first-order valence-electron chi connectivity index (χ1n) is 5.42. The van der Waals surface area contributed by atoms with Crippen molar-refractivity contribution in [2.24, 2.45) is 0 Å². The number of thioether (sulfide) groups is 1. The second-order valence-corrected chi connectivity index (χ2v) is 5.50. The van der Waals surface area contributed by atoms with Gasteiger partial charge in [0.1, 0.15) is 0 Å². The second kappa shape index (κ2) is 4.53. The van der Waals surface area contributed by atoms with E-state index in [0.29, 0.717) is 0 Å². The van der Waals surface area contributed by atoms with Crippen molar-refractivity contribution >= 4 is 11.8 Å². The molecule has 0 saturated heterocycles. The number of aliphatic hydroxyl groups is 1. The predicted octanol–water partition coefficient (Wildman–Crippen LogP) is 3.71. The molecule has 1 aromatic carbocycles. The highest BCUT2D eigenvalue weighted by Gasteiger charge is 2.38. The van der Waals surface area contributed by atoms with Crippen molar-refractivity contribution in [1.29, 1.82) is 0 Å². The van der Waals surface area contributed by atoms with E-state index < -0.39 is 5.51 Å². The number of halogens is 3. The summed E-state index contributed by atoms with van der Waals surface area (Å²) >= 11 is -0.109. The molecule has 1 N–H and O–H groups in total. The van der Waals surface area contributed by atoms with Gasteiger partial charge in [0.15, 0.2) is 0 Å². The summed E-state index contributed by atoms with van der Waals surface area (Å²) in [5.74, 6) is 0. The third-order valence-electron chi connectivity index (χ3n) is 3.31. The summed E-state index contributed by atoms with van der Waals surface area (Å²) in [6.45, 7) is 0.0682. The Morgan fingerprint density at radius 1 is 1.18 bits per heavy atom. The molecule has 0 spiro atoms. The topological polar surface area (TPSA) is 20.2 Å². The zero-order valence-corrected chi connectivity index (χ0v) is 9.94. The minimum atomic E-state index is -4.24. The van der Waals surface area contributed by atoms with Crippen LogP contribution in [0.3, 0.4) is 0 Å². The molecule has 5 heteroatoms. The Morgan fingerprint density at radius 2 is 1.76 bits per heavy atom. The first-order valence-corrected chi connectivity index (χ1v) is 6.24. The molecule has 1 aliphatic rings. The molecular formula is C12H13F3OS. The Bertz CT molecular complexity index is 376. The van der Waals surface area contributed by atoms with Crippen molar-refractivity contribution in [2.75, 3.05) is 6.61 Å². The summed E-state index contributed by atoms with van der Waals surface area (Å²) in [5, 5.41) is 9.36.